The van der Waals surface area contributed by atoms with E-state index in [0.29, 0.717) is 18.7 Å². The van der Waals surface area contributed by atoms with Crippen molar-refractivity contribution >= 4 is 17.4 Å². The molecular formula is C25H28N4O2. The number of anilines is 2. The average Bonchev–Trinajstić information content (AvgIpc) is 2.81. The monoisotopic (exact) mass is 416 g/mol. The molecule has 0 radical (unpaired) electrons. The third-order valence-electron chi connectivity index (χ3n) is 5.55. The van der Waals surface area contributed by atoms with Crippen molar-refractivity contribution < 1.29 is 9.90 Å². The van der Waals surface area contributed by atoms with E-state index >= 15 is 0 Å². The van der Waals surface area contributed by atoms with Crippen molar-refractivity contribution in [2.75, 3.05) is 42.9 Å². The maximum Gasteiger partial charge on any atom is 0.228 e. The zero-order valence-corrected chi connectivity index (χ0v) is 17.5. The van der Waals surface area contributed by atoms with Crippen LogP contribution in [-0.4, -0.2) is 53.6 Å². The number of nitrogens with one attached hydrogen (secondary N) is 1. The molecule has 1 atom stereocenters. The van der Waals surface area contributed by atoms with Crippen LogP contribution in [0.1, 0.15) is 17.2 Å². The lowest BCUT2D eigenvalue weighted by Crippen LogP contribution is -2.47. The van der Waals surface area contributed by atoms with E-state index < -0.39 is 6.10 Å². The summed E-state index contributed by atoms with van der Waals surface area (Å²) in [5.74, 6) is 0.857. The van der Waals surface area contributed by atoms with Gasteiger partial charge in [0.2, 0.25) is 5.91 Å². The Bertz CT molecular complexity index is 956. The molecule has 2 N–H and O–H groups in total. The summed E-state index contributed by atoms with van der Waals surface area (Å²) < 4.78 is 0. The Morgan fingerprint density at radius 3 is 2.26 bits per heavy atom. The molecular weight excluding hydrogens is 388 g/mol. The van der Waals surface area contributed by atoms with E-state index in [1.807, 2.05) is 72.8 Å². The fraction of sp³-hybridized carbons (Fsp3) is 0.280. The van der Waals surface area contributed by atoms with Crippen molar-refractivity contribution in [2.24, 2.45) is 0 Å². The highest BCUT2D eigenvalue weighted by Crippen LogP contribution is 2.19. The van der Waals surface area contributed by atoms with Crippen molar-refractivity contribution in [3.8, 4) is 0 Å². The lowest BCUT2D eigenvalue weighted by atomic mass is 10.1. The third-order valence-corrected chi connectivity index (χ3v) is 5.55. The fourth-order valence-corrected chi connectivity index (χ4v) is 3.82. The largest absolute Gasteiger partial charge is 0.387 e. The normalized spacial score (nSPS) is 15.5. The summed E-state index contributed by atoms with van der Waals surface area (Å²) in [5, 5.41) is 13.4. The molecule has 0 bridgehead atoms. The number of carbonyl (C=O) groups excluding carboxylic acids is 1. The van der Waals surface area contributed by atoms with Crippen LogP contribution >= 0.6 is 0 Å². The van der Waals surface area contributed by atoms with Gasteiger partial charge in [-0.3, -0.25) is 9.69 Å². The Morgan fingerprint density at radius 2 is 1.61 bits per heavy atom. The summed E-state index contributed by atoms with van der Waals surface area (Å²) >= 11 is 0. The molecule has 1 aromatic heterocycles. The third kappa shape index (κ3) is 5.90. The molecule has 160 valence electrons. The van der Waals surface area contributed by atoms with E-state index in [0.717, 1.165) is 43.1 Å². The molecule has 4 rings (SSSR count). The number of piperazine rings is 1. The second kappa shape index (κ2) is 10.2. The molecule has 0 saturated carbocycles. The summed E-state index contributed by atoms with van der Waals surface area (Å²) in [6.45, 7) is 4.10. The number of carbonyl (C=O) groups is 1. The van der Waals surface area contributed by atoms with Gasteiger partial charge < -0.3 is 15.3 Å². The summed E-state index contributed by atoms with van der Waals surface area (Å²) in [7, 11) is 0. The van der Waals surface area contributed by atoms with Crippen LogP contribution in [0.3, 0.4) is 0 Å². The number of amides is 1. The van der Waals surface area contributed by atoms with Crippen LogP contribution in [0, 0.1) is 0 Å². The second-order valence-corrected chi connectivity index (χ2v) is 7.83. The van der Waals surface area contributed by atoms with E-state index in [1.54, 1.807) is 6.20 Å². The Kier molecular flexibility index (Phi) is 6.92. The molecule has 1 saturated heterocycles. The first kappa shape index (κ1) is 21.0. The van der Waals surface area contributed by atoms with Crippen molar-refractivity contribution in [3.05, 3.63) is 90.1 Å². The van der Waals surface area contributed by atoms with Crippen LogP contribution in [0.4, 0.5) is 11.5 Å². The minimum absolute atomic E-state index is 0.0497. The zero-order valence-electron chi connectivity index (χ0n) is 17.5. The van der Waals surface area contributed by atoms with Gasteiger partial charge in [-0.25, -0.2) is 4.98 Å². The predicted molar refractivity (Wildman–Crippen MR) is 123 cm³/mol. The lowest BCUT2D eigenvalue weighted by molar-refractivity contribution is -0.115. The molecule has 31 heavy (non-hydrogen) atoms. The van der Waals surface area contributed by atoms with Crippen LogP contribution in [0.25, 0.3) is 0 Å². The number of pyridine rings is 1. The Hall–Kier alpha value is -3.22. The molecule has 2 heterocycles. The van der Waals surface area contributed by atoms with Crippen molar-refractivity contribution in [1.82, 2.24) is 9.88 Å². The second-order valence-electron chi connectivity index (χ2n) is 7.83. The van der Waals surface area contributed by atoms with Gasteiger partial charge in [0, 0.05) is 32.7 Å². The van der Waals surface area contributed by atoms with Crippen LogP contribution in [-0.2, 0) is 11.2 Å². The van der Waals surface area contributed by atoms with Gasteiger partial charge in [-0.15, -0.1) is 0 Å². The van der Waals surface area contributed by atoms with Crippen LogP contribution < -0.4 is 10.2 Å². The van der Waals surface area contributed by atoms with Gasteiger partial charge in [-0.2, -0.15) is 0 Å². The van der Waals surface area contributed by atoms with E-state index in [2.05, 4.69) is 20.1 Å². The number of β-amino-alcohol motifs (C(OH)–C–C–N with tert-alkyl or cyclic N) is 1. The van der Waals surface area contributed by atoms with Gasteiger partial charge in [0.05, 0.1) is 24.4 Å². The van der Waals surface area contributed by atoms with E-state index in [4.69, 9.17) is 0 Å². The Labute approximate surface area is 183 Å². The molecule has 1 aliphatic rings. The highest BCUT2D eigenvalue weighted by Gasteiger charge is 2.20. The van der Waals surface area contributed by atoms with Crippen molar-refractivity contribution in [2.45, 2.75) is 12.5 Å². The highest BCUT2D eigenvalue weighted by atomic mass is 16.3. The predicted octanol–water partition coefficient (Wildman–Crippen LogP) is 3.12. The summed E-state index contributed by atoms with van der Waals surface area (Å²) in [5.41, 5.74) is 2.64. The zero-order chi connectivity index (χ0) is 21.5. The van der Waals surface area contributed by atoms with Crippen molar-refractivity contribution in [3.63, 3.8) is 0 Å². The molecule has 1 unspecified atom stereocenters. The van der Waals surface area contributed by atoms with Gasteiger partial charge in [-0.1, -0.05) is 60.7 Å². The highest BCUT2D eigenvalue weighted by molar-refractivity contribution is 5.92. The molecule has 3 aromatic rings. The maximum absolute atomic E-state index is 12.2. The maximum atomic E-state index is 12.2. The minimum Gasteiger partial charge on any atom is -0.387 e. The lowest BCUT2D eigenvalue weighted by Gasteiger charge is -2.36. The van der Waals surface area contributed by atoms with Crippen LogP contribution in [0.5, 0.6) is 0 Å². The Morgan fingerprint density at radius 1 is 0.935 bits per heavy atom. The fourth-order valence-electron chi connectivity index (χ4n) is 3.82. The van der Waals surface area contributed by atoms with E-state index in [9.17, 15) is 9.90 Å². The number of benzene rings is 2. The number of nitrogens with zero attached hydrogens (tertiary/aromatic N) is 3. The number of aliphatic hydroxyl groups is 1. The average molecular weight is 417 g/mol. The summed E-state index contributed by atoms with van der Waals surface area (Å²) in [6, 6.07) is 23.3. The van der Waals surface area contributed by atoms with Gasteiger partial charge >= 0.3 is 0 Å². The van der Waals surface area contributed by atoms with Gasteiger partial charge in [0.25, 0.3) is 0 Å². The number of aromatic nitrogens is 1. The van der Waals surface area contributed by atoms with Gasteiger partial charge in [-0.05, 0) is 23.3 Å². The number of hydrogen-bond donors (Lipinski definition) is 2. The molecule has 6 nitrogen and oxygen atoms in total. The number of aliphatic hydroxyl groups excluding tert-OH is 1. The SMILES string of the molecule is O=C(Cc1ccccc1)Nc1ccc(N2CCN(CC(O)c3ccccc3)CC2)nc1. The van der Waals surface area contributed by atoms with Gasteiger partial charge in [0.15, 0.2) is 0 Å². The van der Waals surface area contributed by atoms with Crippen LogP contribution in [0.15, 0.2) is 79.0 Å². The minimum atomic E-state index is -0.468. The molecule has 1 fully saturated rings. The standard InChI is InChI=1S/C25H28N4O2/c30-23(21-9-5-2-6-10-21)19-28-13-15-29(16-14-28)24-12-11-22(18-26-24)27-25(31)17-20-7-3-1-4-8-20/h1-12,18,23,30H,13-17,19H2,(H,27,31). The molecule has 6 heteroatoms. The van der Waals surface area contributed by atoms with E-state index in [1.165, 1.54) is 0 Å². The summed E-state index contributed by atoms with van der Waals surface area (Å²) in [6.07, 6.45) is 1.59. The summed E-state index contributed by atoms with van der Waals surface area (Å²) in [4.78, 5) is 21.3. The quantitative estimate of drug-likeness (QED) is 0.619. The Balaban J connectivity index is 1.25. The topological polar surface area (TPSA) is 68.7 Å². The smallest absolute Gasteiger partial charge is 0.228 e. The first-order chi connectivity index (χ1) is 15.2. The number of hydrogen-bond acceptors (Lipinski definition) is 5. The molecule has 1 aliphatic heterocycles. The molecule has 1 amide bonds. The molecule has 2 aromatic carbocycles. The number of rotatable bonds is 7. The molecule has 0 aliphatic carbocycles. The first-order valence-electron chi connectivity index (χ1n) is 10.7. The van der Waals surface area contributed by atoms with E-state index in [-0.39, 0.29) is 5.91 Å². The van der Waals surface area contributed by atoms with Gasteiger partial charge in [0.1, 0.15) is 5.82 Å². The molecule has 0 spiro atoms. The van der Waals surface area contributed by atoms with Crippen molar-refractivity contribution in [1.29, 1.82) is 0 Å². The first-order valence-corrected chi connectivity index (χ1v) is 10.7. The van der Waals surface area contributed by atoms with Crippen LogP contribution in [0.2, 0.25) is 0 Å².